The number of hydrogen-bond acceptors (Lipinski definition) is 1. The predicted octanol–water partition coefficient (Wildman–Crippen LogP) is 5.72. The van der Waals surface area contributed by atoms with Crippen LogP contribution in [0.3, 0.4) is 0 Å². The number of halogens is 1. The molecule has 0 radical (unpaired) electrons. The van der Waals surface area contributed by atoms with Crippen molar-refractivity contribution in [3.63, 3.8) is 0 Å². The van der Waals surface area contributed by atoms with Gasteiger partial charge in [0.15, 0.2) is 0 Å². The van der Waals surface area contributed by atoms with Crippen molar-refractivity contribution in [2.24, 2.45) is 5.41 Å². The summed E-state index contributed by atoms with van der Waals surface area (Å²) in [6, 6.07) is 15.9. The van der Waals surface area contributed by atoms with Crippen LogP contribution in [0, 0.1) is 18.2 Å². The van der Waals surface area contributed by atoms with Gasteiger partial charge < -0.3 is 5.32 Å². The number of rotatable bonds is 4. The summed E-state index contributed by atoms with van der Waals surface area (Å²) in [4.78, 5) is 0. The minimum absolute atomic E-state index is 0.164. The molecule has 0 aromatic heterocycles. The molecular weight excluding hydrogens is 261 g/mol. The maximum absolute atomic E-state index is 13.7. The van der Waals surface area contributed by atoms with Gasteiger partial charge in [0.2, 0.25) is 0 Å². The zero-order valence-corrected chi connectivity index (χ0v) is 13.3. The van der Waals surface area contributed by atoms with Crippen molar-refractivity contribution in [1.29, 1.82) is 0 Å². The number of hydrogen-bond donors (Lipinski definition) is 1. The Hall–Kier alpha value is -1.83. The first-order valence-corrected chi connectivity index (χ1v) is 7.43. The topological polar surface area (TPSA) is 12.0 Å². The van der Waals surface area contributed by atoms with Gasteiger partial charge in [0.05, 0.1) is 6.04 Å². The van der Waals surface area contributed by atoms with Gasteiger partial charge in [-0.3, -0.25) is 0 Å². The van der Waals surface area contributed by atoms with Gasteiger partial charge in [-0.2, -0.15) is 0 Å². The van der Waals surface area contributed by atoms with Crippen LogP contribution in [0.4, 0.5) is 10.1 Å². The average Bonchev–Trinajstić information content (AvgIpc) is 2.42. The lowest BCUT2D eigenvalue weighted by molar-refractivity contribution is 0.352. The molecule has 2 rings (SSSR count). The van der Waals surface area contributed by atoms with Crippen LogP contribution in [-0.2, 0) is 0 Å². The molecule has 2 aromatic carbocycles. The zero-order chi connectivity index (χ0) is 15.5. The van der Waals surface area contributed by atoms with E-state index < -0.39 is 0 Å². The Bertz CT molecular complexity index is 584. The van der Waals surface area contributed by atoms with Crippen LogP contribution in [0.15, 0.2) is 48.5 Å². The monoisotopic (exact) mass is 285 g/mol. The first-order chi connectivity index (χ1) is 9.85. The van der Waals surface area contributed by atoms with E-state index in [9.17, 15) is 4.39 Å². The Morgan fingerprint density at radius 3 is 2.29 bits per heavy atom. The molecule has 0 aliphatic carbocycles. The molecule has 0 saturated carbocycles. The highest BCUT2D eigenvalue weighted by Crippen LogP contribution is 2.32. The Labute approximate surface area is 127 Å². The van der Waals surface area contributed by atoms with Crippen LogP contribution in [-0.4, -0.2) is 0 Å². The lowest BCUT2D eigenvalue weighted by atomic mass is 9.85. The quantitative estimate of drug-likeness (QED) is 0.757. The fourth-order valence-corrected chi connectivity index (χ4v) is 2.43. The van der Waals surface area contributed by atoms with Gasteiger partial charge in [0, 0.05) is 5.69 Å². The Kier molecular flexibility index (Phi) is 4.66. The highest BCUT2D eigenvalue weighted by Gasteiger charge is 2.20. The Morgan fingerprint density at radius 1 is 1.05 bits per heavy atom. The third-order valence-corrected chi connectivity index (χ3v) is 3.53. The standard InChI is InChI=1S/C19H24FN/c1-14-10-11-16(12-17(14)20)21-18(13-19(2,3)4)15-8-6-5-7-9-15/h5-12,18,21H,13H2,1-4H3. The van der Waals surface area contributed by atoms with Gasteiger partial charge in [-0.25, -0.2) is 4.39 Å². The van der Waals surface area contributed by atoms with E-state index in [1.54, 1.807) is 13.0 Å². The molecule has 1 nitrogen and oxygen atoms in total. The molecule has 0 bridgehead atoms. The third kappa shape index (κ3) is 4.59. The molecule has 2 aromatic rings. The van der Waals surface area contributed by atoms with Crippen molar-refractivity contribution in [3.8, 4) is 0 Å². The van der Waals surface area contributed by atoms with Crippen LogP contribution in [0.5, 0.6) is 0 Å². The van der Waals surface area contributed by atoms with E-state index in [-0.39, 0.29) is 17.3 Å². The minimum atomic E-state index is -0.164. The third-order valence-electron chi connectivity index (χ3n) is 3.53. The van der Waals surface area contributed by atoms with Crippen LogP contribution in [0.1, 0.15) is 44.4 Å². The molecule has 2 heteroatoms. The smallest absolute Gasteiger partial charge is 0.128 e. The zero-order valence-electron chi connectivity index (χ0n) is 13.3. The van der Waals surface area contributed by atoms with E-state index in [2.05, 4.69) is 38.2 Å². The van der Waals surface area contributed by atoms with Gasteiger partial charge in [-0.1, -0.05) is 57.2 Å². The Morgan fingerprint density at radius 2 is 1.71 bits per heavy atom. The van der Waals surface area contributed by atoms with Gasteiger partial charge in [-0.05, 0) is 42.0 Å². The van der Waals surface area contributed by atoms with E-state index in [0.29, 0.717) is 5.56 Å². The second-order valence-electron chi connectivity index (χ2n) is 6.84. The SMILES string of the molecule is Cc1ccc(NC(CC(C)(C)C)c2ccccc2)cc1F. The minimum Gasteiger partial charge on any atom is -0.378 e. The average molecular weight is 285 g/mol. The van der Waals surface area contributed by atoms with Gasteiger partial charge in [-0.15, -0.1) is 0 Å². The first-order valence-electron chi connectivity index (χ1n) is 7.43. The fourth-order valence-electron chi connectivity index (χ4n) is 2.43. The summed E-state index contributed by atoms with van der Waals surface area (Å²) < 4.78 is 13.7. The van der Waals surface area contributed by atoms with Crippen molar-refractivity contribution in [2.45, 2.75) is 40.2 Å². The maximum atomic E-state index is 13.7. The van der Waals surface area contributed by atoms with Crippen LogP contribution in [0.25, 0.3) is 0 Å². The van der Waals surface area contributed by atoms with E-state index in [1.165, 1.54) is 5.56 Å². The number of benzene rings is 2. The van der Waals surface area contributed by atoms with Gasteiger partial charge in [0.1, 0.15) is 5.82 Å². The van der Waals surface area contributed by atoms with E-state index >= 15 is 0 Å². The molecule has 0 amide bonds. The molecule has 1 atom stereocenters. The molecule has 112 valence electrons. The lowest BCUT2D eigenvalue weighted by Crippen LogP contribution is -2.18. The summed E-state index contributed by atoms with van der Waals surface area (Å²) in [6.07, 6.45) is 0.979. The van der Waals surface area contributed by atoms with E-state index in [4.69, 9.17) is 0 Å². The molecule has 0 aliphatic heterocycles. The second kappa shape index (κ2) is 6.30. The van der Waals surface area contributed by atoms with E-state index in [1.807, 2.05) is 30.3 Å². The summed E-state index contributed by atoms with van der Waals surface area (Å²) in [6.45, 7) is 8.45. The molecule has 1 unspecified atom stereocenters. The van der Waals surface area contributed by atoms with E-state index in [0.717, 1.165) is 12.1 Å². The highest BCUT2D eigenvalue weighted by atomic mass is 19.1. The Balaban J connectivity index is 2.25. The molecule has 0 fully saturated rings. The summed E-state index contributed by atoms with van der Waals surface area (Å²) in [7, 11) is 0. The second-order valence-corrected chi connectivity index (χ2v) is 6.84. The summed E-state index contributed by atoms with van der Waals surface area (Å²) in [5.41, 5.74) is 2.92. The summed E-state index contributed by atoms with van der Waals surface area (Å²) in [5, 5.41) is 3.48. The molecule has 0 heterocycles. The fraction of sp³-hybridized carbons (Fsp3) is 0.368. The van der Waals surface area contributed by atoms with Crippen molar-refractivity contribution in [3.05, 3.63) is 65.5 Å². The number of anilines is 1. The molecule has 0 spiro atoms. The van der Waals surface area contributed by atoms with Crippen LogP contribution >= 0.6 is 0 Å². The summed E-state index contributed by atoms with van der Waals surface area (Å²) >= 11 is 0. The predicted molar refractivity (Wildman–Crippen MR) is 88.0 cm³/mol. The highest BCUT2D eigenvalue weighted by molar-refractivity contribution is 5.47. The lowest BCUT2D eigenvalue weighted by Gasteiger charge is -2.28. The van der Waals surface area contributed by atoms with Crippen molar-refractivity contribution in [1.82, 2.24) is 0 Å². The van der Waals surface area contributed by atoms with Crippen molar-refractivity contribution in [2.75, 3.05) is 5.32 Å². The number of nitrogens with one attached hydrogen (secondary N) is 1. The van der Waals surface area contributed by atoms with Gasteiger partial charge in [0.25, 0.3) is 0 Å². The molecule has 1 N–H and O–H groups in total. The normalized spacial score (nSPS) is 13.0. The molecule has 0 saturated heterocycles. The van der Waals surface area contributed by atoms with Gasteiger partial charge >= 0.3 is 0 Å². The molecule has 21 heavy (non-hydrogen) atoms. The maximum Gasteiger partial charge on any atom is 0.128 e. The van der Waals surface area contributed by atoms with Crippen molar-refractivity contribution >= 4 is 5.69 Å². The number of aryl methyl sites for hydroxylation is 1. The summed E-state index contributed by atoms with van der Waals surface area (Å²) in [5.74, 6) is -0.164. The van der Waals surface area contributed by atoms with Crippen molar-refractivity contribution < 1.29 is 4.39 Å². The largest absolute Gasteiger partial charge is 0.378 e. The molecule has 0 aliphatic rings. The van der Waals surface area contributed by atoms with Crippen LogP contribution < -0.4 is 5.32 Å². The van der Waals surface area contributed by atoms with Crippen LogP contribution in [0.2, 0.25) is 0 Å². The first kappa shape index (κ1) is 15.6. The molecular formula is C19H24FN.